The molecule has 0 aliphatic rings. The van der Waals surface area contributed by atoms with Gasteiger partial charge in [-0.15, -0.1) is 0 Å². The largest absolute Gasteiger partial charge is 0.465 e. The van der Waals surface area contributed by atoms with Crippen LogP contribution in [-0.4, -0.2) is 33.4 Å². The number of esters is 1. The van der Waals surface area contributed by atoms with Gasteiger partial charge in [0, 0.05) is 17.3 Å². The predicted octanol–water partition coefficient (Wildman–Crippen LogP) is 3.46. The van der Waals surface area contributed by atoms with Crippen molar-refractivity contribution in [3.8, 4) is 0 Å². The van der Waals surface area contributed by atoms with Crippen LogP contribution < -0.4 is 10.0 Å². The van der Waals surface area contributed by atoms with Crippen molar-refractivity contribution in [3.05, 3.63) is 58.6 Å². The number of anilines is 1. The van der Waals surface area contributed by atoms with E-state index >= 15 is 0 Å². The number of ether oxygens (including phenoxy) is 1. The normalized spacial score (nSPS) is 12.3. The van der Waals surface area contributed by atoms with Crippen LogP contribution in [0.4, 0.5) is 5.69 Å². The maximum atomic E-state index is 12.4. The monoisotopic (exact) mass is 424 g/mol. The Morgan fingerprint density at radius 2 is 1.79 bits per heavy atom. The zero-order valence-electron chi connectivity index (χ0n) is 15.7. The van der Waals surface area contributed by atoms with Crippen LogP contribution in [0.3, 0.4) is 0 Å². The zero-order chi connectivity index (χ0) is 20.9. The molecule has 150 valence electrons. The first-order valence-electron chi connectivity index (χ1n) is 8.49. The standard InChI is InChI=1S/C19H21ClN2O5S/c1-4-12(2)22-28(25,26)15-8-5-13(6-9-15)18(23)21-14-7-10-17(20)16(11-14)19(24)27-3/h5-12,22H,4H2,1-3H3,(H,21,23). The lowest BCUT2D eigenvalue weighted by molar-refractivity contribution is 0.0600. The molecule has 2 N–H and O–H groups in total. The summed E-state index contributed by atoms with van der Waals surface area (Å²) in [7, 11) is -2.41. The fourth-order valence-electron chi connectivity index (χ4n) is 2.27. The molecule has 28 heavy (non-hydrogen) atoms. The number of sulfonamides is 1. The van der Waals surface area contributed by atoms with Crippen molar-refractivity contribution in [2.75, 3.05) is 12.4 Å². The number of amides is 1. The summed E-state index contributed by atoms with van der Waals surface area (Å²) in [5, 5.41) is 2.84. The van der Waals surface area contributed by atoms with E-state index in [-0.39, 0.29) is 27.1 Å². The molecule has 0 aromatic heterocycles. The van der Waals surface area contributed by atoms with Crippen molar-refractivity contribution < 1.29 is 22.7 Å². The molecule has 0 aliphatic heterocycles. The smallest absolute Gasteiger partial charge is 0.339 e. The number of methoxy groups -OCH3 is 1. The van der Waals surface area contributed by atoms with Crippen LogP contribution in [-0.2, 0) is 14.8 Å². The molecule has 2 rings (SSSR count). The highest BCUT2D eigenvalue weighted by Gasteiger charge is 2.18. The van der Waals surface area contributed by atoms with Crippen molar-refractivity contribution >= 4 is 39.2 Å². The number of halogens is 1. The van der Waals surface area contributed by atoms with Crippen LogP contribution in [0, 0.1) is 0 Å². The Bertz CT molecular complexity index is 974. The maximum absolute atomic E-state index is 12.4. The second-order valence-electron chi connectivity index (χ2n) is 6.10. The van der Waals surface area contributed by atoms with Gasteiger partial charge in [-0.3, -0.25) is 4.79 Å². The molecule has 0 aliphatic carbocycles. The van der Waals surface area contributed by atoms with Crippen molar-refractivity contribution in [2.45, 2.75) is 31.2 Å². The van der Waals surface area contributed by atoms with E-state index < -0.39 is 21.9 Å². The van der Waals surface area contributed by atoms with Crippen LogP contribution in [0.25, 0.3) is 0 Å². The summed E-state index contributed by atoms with van der Waals surface area (Å²) < 4.78 is 31.7. The minimum Gasteiger partial charge on any atom is -0.465 e. The molecule has 7 nitrogen and oxygen atoms in total. The lowest BCUT2D eigenvalue weighted by Gasteiger charge is -2.12. The molecule has 2 aromatic rings. The second kappa shape index (κ2) is 9.18. The molecule has 2 aromatic carbocycles. The van der Waals surface area contributed by atoms with E-state index in [1.165, 1.54) is 43.5 Å². The molecule has 0 fully saturated rings. The van der Waals surface area contributed by atoms with Crippen LogP contribution >= 0.6 is 11.6 Å². The highest BCUT2D eigenvalue weighted by Crippen LogP contribution is 2.22. The van der Waals surface area contributed by atoms with Gasteiger partial charge in [0.2, 0.25) is 10.0 Å². The third-order valence-corrected chi connectivity index (χ3v) is 5.96. The van der Waals surface area contributed by atoms with E-state index in [0.717, 1.165) is 0 Å². The van der Waals surface area contributed by atoms with E-state index in [1.807, 2.05) is 6.92 Å². The van der Waals surface area contributed by atoms with E-state index in [0.29, 0.717) is 12.1 Å². The number of hydrogen-bond acceptors (Lipinski definition) is 5. The quantitative estimate of drug-likeness (QED) is 0.663. The first-order chi connectivity index (χ1) is 13.2. The summed E-state index contributed by atoms with van der Waals surface area (Å²) in [5.41, 5.74) is 0.738. The first kappa shape index (κ1) is 21.9. The lowest BCUT2D eigenvalue weighted by atomic mass is 10.1. The summed E-state index contributed by atoms with van der Waals surface area (Å²) in [4.78, 5) is 24.2. The number of carbonyl (C=O) groups is 2. The van der Waals surface area contributed by atoms with Crippen LogP contribution in [0.1, 0.15) is 41.0 Å². The molecule has 1 amide bonds. The van der Waals surface area contributed by atoms with Gasteiger partial charge in [0.15, 0.2) is 0 Å². The number of benzene rings is 2. The molecule has 1 atom stereocenters. The summed E-state index contributed by atoms with van der Waals surface area (Å²) in [6.45, 7) is 3.65. The van der Waals surface area contributed by atoms with Crippen molar-refractivity contribution in [1.82, 2.24) is 4.72 Å². The molecule has 0 saturated carbocycles. The van der Waals surface area contributed by atoms with Crippen molar-refractivity contribution in [3.63, 3.8) is 0 Å². The van der Waals surface area contributed by atoms with Gasteiger partial charge in [0.05, 0.1) is 22.6 Å². The van der Waals surface area contributed by atoms with Crippen LogP contribution in [0.5, 0.6) is 0 Å². The number of carbonyl (C=O) groups excluding carboxylic acids is 2. The average Bonchev–Trinajstić information content (AvgIpc) is 2.68. The van der Waals surface area contributed by atoms with Gasteiger partial charge in [-0.25, -0.2) is 17.9 Å². The fraction of sp³-hybridized carbons (Fsp3) is 0.263. The van der Waals surface area contributed by atoms with Gasteiger partial charge in [0.25, 0.3) is 5.91 Å². The summed E-state index contributed by atoms with van der Waals surface area (Å²) >= 11 is 5.95. The number of hydrogen-bond donors (Lipinski definition) is 2. The SMILES string of the molecule is CCC(C)NS(=O)(=O)c1ccc(C(=O)Nc2ccc(Cl)c(C(=O)OC)c2)cc1. The maximum Gasteiger partial charge on any atom is 0.339 e. The summed E-state index contributed by atoms with van der Waals surface area (Å²) in [6.07, 6.45) is 0.661. The van der Waals surface area contributed by atoms with Gasteiger partial charge in [-0.05, 0) is 55.8 Å². The lowest BCUT2D eigenvalue weighted by Crippen LogP contribution is -2.32. The fourth-order valence-corrected chi connectivity index (χ4v) is 3.80. The predicted molar refractivity (Wildman–Crippen MR) is 107 cm³/mol. The van der Waals surface area contributed by atoms with Crippen LogP contribution in [0.2, 0.25) is 5.02 Å². The van der Waals surface area contributed by atoms with E-state index in [2.05, 4.69) is 14.8 Å². The molecular formula is C19H21ClN2O5S. The number of rotatable bonds is 7. The Morgan fingerprint density at radius 3 is 2.36 bits per heavy atom. The Hall–Kier alpha value is -2.42. The highest BCUT2D eigenvalue weighted by molar-refractivity contribution is 7.89. The molecule has 1 unspecified atom stereocenters. The van der Waals surface area contributed by atoms with Gasteiger partial charge in [-0.2, -0.15) is 0 Å². The molecule has 0 saturated heterocycles. The van der Waals surface area contributed by atoms with Gasteiger partial charge < -0.3 is 10.1 Å². The Kier molecular flexibility index (Phi) is 7.17. The zero-order valence-corrected chi connectivity index (χ0v) is 17.2. The van der Waals surface area contributed by atoms with Crippen molar-refractivity contribution in [2.24, 2.45) is 0 Å². The van der Waals surface area contributed by atoms with E-state index in [9.17, 15) is 18.0 Å². The third kappa shape index (κ3) is 5.31. The first-order valence-corrected chi connectivity index (χ1v) is 10.4. The molecular weight excluding hydrogens is 404 g/mol. The average molecular weight is 425 g/mol. The van der Waals surface area contributed by atoms with E-state index in [1.54, 1.807) is 13.0 Å². The molecule has 9 heteroatoms. The van der Waals surface area contributed by atoms with Gasteiger partial charge in [0.1, 0.15) is 0 Å². The van der Waals surface area contributed by atoms with Gasteiger partial charge >= 0.3 is 5.97 Å². The second-order valence-corrected chi connectivity index (χ2v) is 8.22. The molecule has 0 heterocycles. The summed E-state index contributed by atoms with van der Waals surface area (Å²) in [6, 6.07) is 9.78. The molecule has 0 bridgehead atoms. The minimum atomic E-state index is -3.64. The van der Waals surface area contributed by atoms with Gasteiger partial charge in [-0.1, -0.05) is 18.5 Å². The van der Waals surface area contributed by atoms with Crippen molar-refractivity contribution in [1.29, 1.82) is 0 Å². The minimum absolute atomic E-state index is 0.0730. The molecule has 0 radical (unpaired) electrons. The Balaban J connectivity index is 2.17. The topological polar surface area (TPSA) is 102 Å². The third-order valence-electron chi connectivity index (χ3n) is 4.03. The Morgan fingerprint density at radius 1 is 1.14 bits per heavy atom. The Labute approximate surface area is 169 Å². The molecule has 0 spiro atoms. The van der Waals surface area contributed by atoms with Crippen LogP contribution in [0.15, 0.2) is 47.4 Å². The van der Waals surface area contributed by atoms with E-state index in [4.69, 9.17) is 11.6 Å². The highest BCUT2D eigenvalue weighted by atomic mass is 35.5. The summed E-state index contributed by atoms with van der Waals surface area (Å²) in [5.74, 6) is -1.08. The number of nitrogens with one attached hydrogen (secondary N) is 2.